The van der Waals surface area contributed by atoms with Gasteiger partial charge in [-0.25, -0.2) is 0 Å². The average Bonchev–Trinajstić information content (AvgIpc) is 2.46. The van der Waals surface area contributed by atoms with Crippen molar-refractivity contribution in [2.45, 2.75) is 0 Å². The van der Waals surface area contributed by atoms with Gasteiger partial charge in [0, 0.05) is 16.1 Å². The van der Waals surface area contributed by atoms with Crippen molar-refractivity contribution in [1.82, 2.24) is 0 Å². The first kappa shape index (κ1) is 14.0. The maximum Gasteiger partial charge on any atom is 0.186 e. The molecule has 0 aliphatic carbocycles. The Morgan fingerprint density at radius 2 is 1.55 bits per heavy atom. The second kappa shape index (κ2) is 6.17. The third kappa shape index (κ3) is 3.33. The number of halogens is 1. The monoisotopic (exact) mass is 285 g/mol. The van der Waals surface area contributed by atoms with Gasteiger partial charge in [0.1, 0.15) is 0 Å². The van der Waals surface area contributed by atoms with Gasteiger partial charge in [-0.2, -0.15) is 0 Å². The SMILES string of the molecule is O=C([O-])c1ccccc1C(=O)/C=C/c1ccc(Cl)cc1. The lowest BCUT2D eigenvalue weighted by Gasteiger charge is -2.06. The normalized spacial score (nSPS) is 10.7. The van der Waals surface area contributed by atoms with Gasteiger partial charge in [-0.3, -0.25) is 4.79 Å². The Morgan fingerprint density at radius 1 is 0.950 bits per heavy atom. The van der Waals surface area contributed by atoms with E-state index in [1.54, 1.807) is 42.5 Å². The number of carboxylic acid groups (broad SMARTS) is 1. The molecule has 0 saturated carbocycles. The van der Waals surface area contributed by atoms with Gasteiger partial charge in [0.05, 0.1) is 5.97 Å². The smallest absolute Gasteiger partial charge is 0.186 e. The van der Waals surface area contributed by atoms with Crippen molar-refractivity contribution in [3.8, 4) is 0 Å². The van der Waals surface area contributed by atoms with Crippen LogP contribution >= 0.6 is 11.6 Å². The van der Waals surface area contributed by atoms with Gasteiger partial charge in [-0.05, 0) is 23.8 Å². The van der Waals surface area contributed by atoms with Crippen molar-refractivity contribution in [1.29, 1.82) is 0 Å². The van der Waals surface area contributed by atoms with Crippen LogP contribution in [0.25, 0.3) is 6.08 Å². The van der Waals surface area contributed by atoms with Crippen molar-refractivity contribution in [2.75, 3.05) is 0 Å². The van der Waals surface area contributed by atoms with E-state index >= 15 is 0 Å². The van der Waals surface area contributed by atoms with Gasteiger partial charge in [0.15, 0.2) is 5.78 Å². The van der Waals surface area contributed by atoms with E-state index in [2.05, 4.69) is 0 Å². The van der Waals surface area contributed by atoms with Crippen molar-refractivity contribution < 1.29 is 14.7 Å². The molecule has 0 heterocycles. The molecule has 0 saturated heterocycles. The topological polar surface area (TPSA) is 57.2 Å². The number of carbonyl (C=O) groups excluding carboxylic acids is 2. The second-order valence-corrected chi connectivity index (χ2v) is 4.52. The number of hydrogen-bond donors (Lipinski definition) is 0. The molecule has 4 heteroatoms. The Morgan fingerprint density at radius 3 is 2.15 bits per heavy atom. The molecule has 0 fully saturated rings. The van der Waals surface area contributed by atoms with Crippen LogP contribution in [0.1, 0.15) is 26.3 Å². The van der Waals surface area contributed by atoms with Gasteiger partial charge in [-0.1, -0.05) is 54.1 Å². The van der Waals surface area contributed by atoms with E-state index in [1.807, 2.05) is 0 Å². The highest BCUT2D eigenvalue weighted by molar-refractivity contribution is 6.30. The largest absolute Gasteiger partial charge is 0.545 e. The number of benzene rings is 2. The molecule has 0 N–H and O–H groups in total. The maximum absolute atomic E-state index is 12.0. The molecule has 0 radical (unpaired) electrons. The molecule has 0 spiro atoms. The van der Waals surface area contributed by atoms with Crippen LogP contribution in [0.2, 0.25) is 5.02 Å². The van der Waals surface area contributed by atoms with E-state index in [1.165, 1.54) is 18.2 Å². The third-order valence-corrected chi connectivity index (χ3v) is 2.96. The first-order chi connectivity index (χ1) is 9.58. The summed E-state index contributed by atoms with van der Waals surface area (Å²) in [6.45, 7) is 0. The molecule has 0 bridgehead atoms. The molecule has 0 aliphatic rings. The number of aromatic carboxylic acids is 1. The number of rotatable bonds is 4. The molecule has 2 rings (SSSR count). The van der Waals surface area contributed by atoms with E-state index in [4.69, 9.17) is 11.6 Å². The highest BCUT2D eigenvalue weighted by atomic mass is 35.5. The predicted molar refractivity (Wildman–Crippen MR) is 75.6 cm³/mol. The zero-order chi connectivity index (χ0) is 14.5. The number of allylic oxidation sites excluding steroid dienone is 1. The Kier molecular flexibility index (Phi) is 4.33. The lowest BCUT2D eigenvalue weighted by atomic mass is 10.0. The first-order valence-corrected chi connectivity index (χ1v) is 6.24. The minimum atomic E-state index is -1.37. The Bertz CT molecular complexity index is 672. The molecule has 20 heavy (non-hydrogen) atoms. The quantitative estimate of drug-likeness (QED) is 0.641. The number of ketones is 1. The van der Waals surface area contributed by atoms with Gasteiger partial charge >= 0.3 is 0 Å². The lowest BCUT2D eigenvalue weighted by molar-refractivity contribution is -0.255. The van der Waals surface area contributed by atoms with Crippen molar-refractivity contribution >= 4 is 29.4 Å². The highest BCUT2D eigenvalue weighted by Crippen LogP contribution is 2.13. The summed E-state index contributed by atoms with van der Waals surface area (Å²) in [6, 6.07) is 12.9. The Labute approximate surface area is 121 Å². The summed E-state index contributed by atoms with van der Waals surface area (Å²) >= 11 is 5.76. The van der Waals surface area contributed by atoms with Gasteiger partial charge < -0.3 is 9.90 Å². The standard InChI is InChI=1S/C16H11ClO3/c17-12-8-5-11(6-9-12)7-10-15(18)13-3-1-2-4-14(13)16(19)20/h1-10H,(H,19,20)/p-1/b10-7+. The fourth-order valence-electron chi connectivity index (χ4n) is 1.71. The zero-order valence-electron chi connectivity index (χ0n) is 10.4. The van der Waals surface area contributed by atoms with E-state index in [0.29, 0.717) is 5.02 Å². The van der Waals surface area contributed by atoms with Gasteiger partial charge in [0.2, 0.25) is 0 Å². The molecule has 0 amide bonds. The van der Waals surface area contributed by atoms with Crippen LogP contribution in [-0.4, -0.2) is 11.8 Å². The number of hydrogen-bond acceptors (Lipinski definition) is 3. The van der Waals surface area contributed by atoms with Crippen LogP contribution in [0, 0.1) is 0 Å². The molecule has 100 valence electrons. The molecule has 3 nitrogen and oxygen atoms in total. The summed E-state index contributed by atoms with van der Waals surface area (Å²) < 4.78 is 0. The van der Waals surface area contributed by atoms with Crippen LogP contribution in [0.3, 0.4) is 0 Å². The van der Waals surface area contributed by atoms with Gasteiger partial charge in [0.25, 0.3) is 0 Å². The summed E-state index contributed by atoms with van der Waals surface area (Å²) in [5.41, 5.74) is 0.796. The molecular weight excluding hydrogens is 276 g/mol. The predicted octanol–water partition coefficient (Wildman–Crippen LogP) is 2.60. The van der Waals surface area contributed by atoms with E-state index in [0.717, 1.165) is 5.56 Å². The average molecular weight is 286 g/mol. The highest BCUT2D eigenvalue weighted by Gasteiger charge is 2.08. The maximum atomic E-state index is 12.0. The second-order valence-electron chi connectivity index (χ2n) is 4.08. The van der Waals surface area contributed by atoms with Crippen LogP contribution in [-0.2, 0) is 0 Å². The van der Waals surface area contributed by atoms with E-state index in [9.17, 15) is 14.7 Å². The van der Waals surface area contributed by atoms with Crippen LogP contribution in [0.4, 0.5) is 0 Å². The van der Waals surface area contributed by atoms with E-state index < -0.39 is 5.97 Å². The Balaban J connectivity index is 2.24. The summed E-state index contributed by atoms with van der Waals surface area (Å²) in [7, 11) is 0. The summed E-state index contributed by atoms with van der Waals surface area (Å²) in [6.07, 6.45) is 2.93. The van der Waals surface area contributed by atoms with Crippen LogP contribution in [0.5, 0.6) is 0 Å². The first-order valence-electron chi connectivity index (χ1n) is 5.86. The molecule has 0 aliphatic heterocycles. The van der Waals surface area contributed by atoms with Crippen molar-refractivity contribution in [2.24, 2.45) is 0 Å². The van der Waals surface area contributed by atoms with E-state index in [-0.39, 0.29) is 16.9 Å². The minimum absolute atomic E-state index is 0.109. The molecule has 0 aromatic heterocycles. The van der Waals surface area contributed by atoms with Crippen LogP contribution in [0.15, 0.2) is 54.6 Å². The zero-order valence-corrected chi connectivity index (χ0v) is 11.1. The molecule has 0 unspecified atom stereocenters. The number of carbonyl (C=O) groups is 2. The summed E-state index contributed by atoms with van der Waals surface area (Å²) in [5.74, 6) is -1.76. The summed E-state index contributed by atoms with van der Waals surface area (Å²) in [4.78, 5) is 22.9. The lowest BCUT2D eigenvalue weighted by Crippen LogP contribution is -2.24. The number of carboxylic acids is 1. The fourth-order valence-corrected chi connectivity index (χ4v) is 1.84. The molecule has 0 atom stereocenters. The molecular formula is C16H10ClO3-. The fraction of sp³-hybridized carbons (Fsp3) is 0. The molecule has 2 aromatic carbocycles. The van der Waals surface area contributed by atoms with Crippen molar-refractivity contribution in [3.05, 3.63) is 76.3 Å². The molecule has 2 aromatic rings. The minimum Gasteiger partial charge on any atom is -0.545 e. The van der Waals surface area contributed by atoms with Gasteiger partial charge in [-0.15, -0.1) is 0 Å². The van der Waals surface area contributed by atoms with Crippen LogP contribution < -0.4 is 5.11 Å². The third-order valence-electron chi connectivity index (χ3n) is 2.71. The summed E-state index contributed by atoms with van der Waals surface area (Å²) in [5, 5.41) is 11.5. The Hall–Kier alpha value is -2.39. The van der Waals surface area contributed by atoms with Crippen molar-refractivity contribution in [3.63, 3.8) is 0 Å².